The SMILES string of the molecule is CCS(=O)(=O)Nc1ccc(NC(=O)NC(C)C(C)C)cc1. The highest BCUT2D eigenvalue weighted by molar-refractivity contribution is 7.92. The van der Waals surface area contributed by atoms with Gasteiger partial charge in [0.05, 0.1) is 5.75 Å². The molecule has 0 aliphatic carbocycles. The second kappa shape index (κ2) is 7.31. The predicted molar refractivity (Wildman–Crippen MR) is 86.0 cm³/mol. The number of carbonyl (C=O) groups is 1. The Morgan fingerprint density at radius 3 is 2.10 bits per heavy atom. The summed E-state index contributed by atoms with van der Waals surface area (Å²) in [5.41, 5.74) is 1.07. The Bertz CT molecular complexity index is 568. The molecule has 3 N–H and O–H groups in total. The molecule has 1 unspecified atom stereocenters. The molecular formula is C14H23N3O3S. The smallest absolute Gasteiger partial charge is 0.319 e. The van der Waals surface area contributed by atoms with Crippen LogP contribution in [0.25, 0.3) is 0 Å². The van der Waals surface area contributed by atoms with E-state index in [1.807, 2.05) is 20.8 Å². The van der Waals surface area contributed by atoms with Crippen LogP contribution >= 0.6 is 0 Å². The van der Waals surface area contributed by atoms with Crippen LogP contribution in [0.2, 0.25) is 0 Å². The number of nitrogens with one attached hydrogen (secondary N) is 3. The maximum atomic E-state index is 11.8. The van der Waals surface area contributed by atoms with Gasteiger partial charge in [-0.1, -0.05) is 13.8 Å². The van der Waals surface area contributed by atoms with Gasteiger partial charge in [-0.2, -0.15) is 0 Å². The standard InChI is InChI=1S/C14H23N3O3S/c1-5-21(19,20)17-13-8-6-12(7-9-13)16-14(18)15-11(4)10(2)3/h6-11,17H,5H2,1-4H3,(H2,15,16,18). The summed E-state index contributed by atoms with van der Waals surface area (Å²) in [5, 5.41) is 5.53. The minimum absolute atomic E-state index is 0.0164. The van der Waals surface area contributed by atoms with Crippen LogP contribution in [0.4, 0.5) is 16.2 Å². The first kappa shape index (κ1) is 17.3. The zero-order valence-electron chi connectivity index (χ0n) is 12.8. The maximum absolute atomic E-state index is 11.8. The molecule has 0 fully saturated rings. The van der Waals surface area contributed by atoms with E-state index in [1.54, 1.807) is 31.2 Å². The zero-order chi connectivity index (χ0) is 16.0. The largest absolute Gasteiger partial charge is 0.335 e. The fourth-order valence-corrected chi connectivity index (χ4v) is 2.05. The molecule has 0 bridgehead atoms. The number of hydrogen-bond acceptors (Lipinski definition) is 3. The van der Waals surface area contributed by atoms with Gasteiger partial charge in [0.2, 0.25) is 10.0 Å². The van der Waals surface area contributed by atoms with Gasteiger partial charge in [0.1, 0.15) is 0 Å². The van der Waals surface area contributed by atoms with Crippen molar-refractivity contribution in [3.8, 4) is 0 Å². The molecule has 0 radical (unpaired) electrons. The topological polar surface area (TPSA) is 87.3 Å². The molecule has 0 aliphatic rings. The Morgan fingerprint density at radius 2 is 1.62 bits per heavy atom. The van der Waals surface area contributed by atoms with Crippen molar-refractivity contribution >= 4 is 27.4 Å². The summed E-state index contributed by atoms with van der Waals surface area (Å²) >= 11 is 0. The number of urea groups is 1. The number of benzene rings is 1. The third-order valence-corrected chi connectivity index (χ3v) is 4.46. The highest BCUT2D eigenvalue weighted by atomic mass is 32.2. The van der Waals surface area contributed by atoms with E-state index in [2.05, 4.69) is 15.4 Å². The Labute approximate surface area is 126 Å². The summed E-state index contributed by atoms with van der Waals surface area (Å²) in [6.45, 7) is 7.56. The van der Waals surface area contributed by atoms with Crippen LogP contribution in [0, 0.1) is 5.92 Å². The molecule has 2 amide bonds. The number of hydrogen-bond donors (Lipinski definition) is 3. The molecule has 1 aromatic rings. The molecule has 7 heteroatoms. The fourth-order valence-electron chi connectivity index (χ4n) is 1.41. The maximum Gasteiger partial charge on any atom is 0.319 e. The summed E-state index contributed by atoms with van der Waals surface area (Å²) in [4.78, 5) is 11.8. The highest BCUT2D eigenvalue weighted by Gasteiger charge is 2.11. The summed E-state index contributed by atoms with van der Waals surface area (Å²) in [5.74, 6) is 0.365. The Hall–Kier alpha value is -1.76. The number of carbonyl (C=O) groups excluding carboxylic acids is 1. The van der Waals surface area contributed by atoms with Crippen molar-refractivity contribution in [1.29, 1.82) is 0 Å². The number of rotatable bonds is 6. The van der Waals surface area contributed by atoms with E-state index in [9.17, 15) is 13.2 Å². The lowest BCUT2D eigenvalue weighted by atomic mass is 10.1. The van der Waals surface area contributed by atoms with E-state index in [1.165, 1.54) is 0 Å². The Morgan fingerprint density at radius 1 is 1.10 bits per heavy atom. The van der Waals surface area contributed by atoms with E-state index < -0.39 is 10.0 Å². The van der Waals surface area contributed by atoms with Gasteiger partial charge in [-0.05, 0) is 44.0 Å². The van der Waals surface area contributed by atoms with E-state index >= 15 is 0 Å². The molecule has 1 rings (SSSR count). The third-order valence-electron chi connectivity index (χ3n) is 3.15. The van der Waals surface area contributed by atoms with E-state index in [-0.39, 0.29) is 17.8 Å². The monoisotopic (exact) mass is 313 g/mol. The summed E-state index contributed by atoms with van der Waals surface area (Å²) in [6, 6.07) is 6.29. The Kier molecular flexibility index (Phi) is 6.02. The summed E-state index contributed by atoms with van der Waals surface area (Å²) in [6.07, 6.45) is 0. The average molecular weight is 313 g/mol. The molecular weight excluding hydrogens is 290 g/mol. The minimum Gasteiger partial charge on any atom is -0.335 e. The summed E-state index contributed by atoms with van der Waals surface area (Å²) < 4.78 is 25.3. The second-order valence-corrected chi connectivity index (χ2v) is 7.22. The van der Waals surface area contributed by atoms with Gasteiger partial charge in [-0.15, -0.1) is 0 Å². The molecule has 0 aliphatic heterocycles. The van der Waals surface area contributed by atoms with Crippen LogP contribution < -0.4 is 15.4 Å². The fraction of sp³-hybridized carbons (Fsp3) is 0.500. The number of anilines is 2. The van der Waals surface area contributed by atoms with Crippen molar-refractivity contribution < 1.29 is 13.2 Å². The molecule has 118 valence electrons. The van der Waals surface area contributed by atoms with Crippen molar-refractivity contribution in [2.24, 2.45) is 5.92 Å². The molecule has 0 spiro atoms. The third kappa shape index (κ3) is 6.03. The molecule has 21 heavy (non-hydrogen) atoms. The lowest BCUT2D eigenvalue weighted by Gasteiger charge is -2.18. The van der Waals surface area contributed by atoms with Crippen LogP contribution in [0.15, 0.2) is 24.3 Å². The van der Waals surface area contributed by atoms with Crippen molar-refractivity contribution in [1.82, 2.24) is 5.32 Å². The van der Waals surface area contributed by atoms with Crippen LogP contribution in [0.1, 0.15) is 27.7 Å². The van der Waals surface area contributed by atoms with Gasteiger partial charge in [0.25, 0.3) is 0 Å². The lowest BCUT2D eigenvalue weighted by molar-refractivity contribution is 0.246. The molecule has 6 nitrogen and oxygen atoms in total. The van der Waals surface area contributed by atoms with Crippen LogP contribution in [-0.4, -0.2) is 26.2 Å². The van der Waals surface area contributed by atoms with E-state index in [0.29, 0.717) is 17.3 Å². The quantitative estimate of drug-likeness (QED) is 0.754. The molecule has 0 saturated heterocycles. The predicted octanol–water partition coefficient (Wildman–Crippen LogP) is 2.61. The summed E-state index contributed by atoms with van der Waals surface area (Å²) in [7, 11) is -3.28. The van der Waals surface area contributed by atoms with Gasteiger partial charge in [0, 0.05) is 17.4 Å². The highest BCUT2D eigenvalue weighted by Crippen LogP contribution is 2.15. The molecule has 1 aromatic carbocycles. The number of sulfonamides is 1. The first-order chi connectivity index (χ1) is 9.73. The zero-order valence-corrected chi connectivity index (χ0v) is 13.6. The van der Waals surface area contributed by atoms with Crippen LogP contribution in [-0.2, 0) is 10.0 Å². The van der Waals surface area contributed by atoms with E-state index in [4.69, 9.17) is 0 Å². The van der Waals surface area contributed by atoms with Crippen molar-refractivity contribution in [2.45, 2.75) is 33.7 Å². The first-order valence-corrected chi connectivity index (χ1v) is 8.57. The molecule has 0 aromatic heterocycles. The average Bonchev–Trinajstić information content (AvgIpc) is 2.40. The van der Waals surface area contributed by atoms with Gasteiger partial charge in [-0.3, -0.25) is 4.72 Å². The normalized spacial score (nSPS) is 12.8. The molecule has 1 atom stereocenters. The van der Waals surface area contributed by atoms with Gasteiger partial charge < -0.3 is 10.6 Å². The van der Waals surface area contributed by atoms with Gasteiger partial charge in [0.15, 0.2) is 0 Å². The van der Waals surface area contributed by atoms with Crippen molar-refractivity contribution in [3.05, 3.63) is 24.3 Å². The van der Waals surface area contributed by atoms with Crippen molar-refractivity contribution in [2.75, 3.05) is 15.8 Å². The second-order valence-electron chi connectivity index (χ2n) is 5.21. The van der Waals surface area contributed by atoms with Crippen LogP contribution in [0.3, 0.4) is 0 Å². The Balaban J connectivity index is 2.61. The van der Waals surface area contributed by atoms with E-state index in [0.717, 1.165) is 0 Å². The lowest BCUT2D eigenvalue weighted by Crippen LogP contribution is -2.38. The van der Waals surface area contributed by atoms with Gasteiger partial charge >= 0.3 is 6.03 Å². The van der Waals surface area contributed by atoms with Crippen LogP contribution in [0.5, 0.6) is 0 Å². The first-order valence-electron chi connectivity index (χ1n) is 6.91. The molecule has 0 saturated carbocycles. The van der Waals surface area contributed by atoms with Gasteiger partial charge in [-0.25, -0.2) is 13.2 Å². The minimum atomic E-state index is -3.28. The van der Waals surface area contributed by atoms with Crippen molar-refractivity contribution in [3.63, 3.8) is 0 Å². The number of amides is 2. The molecule has 0 heterocycles.